The van der Waals surface area contributed by atoms with Gasteiger partial charge in [-0.1, -0.05) is 39.3 Å². The van der Waals surface area contributed by atoms with Gasteiger partial charge >= 0.3 is 0 Å². The molecule has 1 aromatic heterocycles. The molecule has 1 atom stereocenters. The topological polar surface area (TPSA) is 68.0 Å². The second kappa shape index (κ2) is 5.97. The minimum atomic E-state index is -0.295. The smallest absolute Gasteiger partial charge is 0.248 e. The van der Waals surface area contributed by atoms with Crippen molar-refractivity contribution in [2.24, 2.45) is 0 Å². The van der Waals surface area contributed by atoms with E-state index in [-0.39, 0.29) is 11.9 Å². The van der Waals surface area contributed by atoms with Gasteiger partial charge in [-0.05, 0) is 25.5 Å². The van der Waals surface area contributed by atoms with Crippen molar-refractivity contribution >= 4 is 21.8 Å². The maximum Gasteiger partial charge on any atom is 0.248 e. The Morgan fingerprint density at radius 2 is 2.21 bits per heavy atom. The predicted molar refractivity (Wildman–Crippen MR) is 73.4 cm³/mol. The van der Waals surface area contributed by atoms with E-state index in [4.69, 9.17) is 4.52 Å². The number of halogens is 1. The molecule has 5 nitrogen and oxygen atoms in total. The summed E-state index contributed by atoms with van der Waals surface area (Å²) in [6.45, 7) is 3.55. The first-order valence-corrected chi connectivity index (χ1v) is 6.68. The van der Waals surface area contributed by atoms with Gasteiger partial charge in [-0.3, -0.25) is 4.79 Å². The molecule has 1 heterocycles. The Morgan fingerprint density at radius 1 is 1.47 bits per heavy atom. The molecule has 19 heavy (non-hydrogen) atoms. The Kier molecular flexibility index (Phi) is 4.31. The van der Waals surface area contributed by atoms with Crippen LogP contribution in [-0.4, -0.2) is 16.0 Å². The van der Waals surface area contributed by atoms with E-state index in [2.05, 4.69) is 31.4 Å². The van der Waals surface area contributed by atoms with Gasteiger partial charge in [0.25, 0.3) is 0 Å². The van der Waals surface area contributed by atoms with Crippen molar-refractivity contribution in [3.05, 3.63) is 46.0 Å². The molecule has 2 aromatic rings. The third-order valence-corrected chi connectivity index (χ3v) is 3.37. The number of carbonyl (C=O) groups excluding carboxylic acids is 1. The summed E-state index contributed by atoms with van der Waals surface area (Å²) in [5, 5.41) is 6.53. The van der Waals surface area contributed by atoms with Crippen LogP contribution in [0, 0.1) is 6.92 Å². The molecule has 0 fully saturated rings. The van der Waals surface area contributed by atoms with Crippen LogP contribution in [0.25, 0.3) is 0 Å². The van der Waals surface area contributed by atoms with E-state index in [1.807, 2.05) is 31.2 Å². The predicted octanol–water partition coefficient (Wildman–Crippen LogP) is 2.56. The van der Waals surface area contributed by atoms with Gasteiger partial charge in [0.05, 0.1) is 6.42 Å². The van der Waals surface area contributed by atoms with Crippen LogP contribution in [0.4, 0.5) is 0 Å². The Hall–Kier alpha value is -1.69. The summed E-state index contributed by atoms with van der Waals surface area (Å²) in [4.78, 5) is 16.0. The number of carbonyl (C=O) groups is 1. The van der Waals surface area contributed by atoms with E-state index in [1.165, 1.54) is 0 Å². The number of hydrogen-bond acceptors (Lipinski definition) is 4. The van der Waals surface area contributed by atoms with Crippen molar-refractivity contribution in [3.63, 3.8) is 0 Å². The molecule has 100 valence electrons. The highest BCUT2D eigenvalue weighted by Crippen LogP contribution is 2.17. The third-order valence-electron chi connectivity index (χ3n) is 2.60. The Balaban J connectivity index is 1.96. The molecule has 0 radical (unpaired) electrons. The van der Waals surface area contributed by atoms with Crippen molar-refractivity contribution < 1.29 is 9.32 Å². The molecule has 0 aliphatic rings. The average Bonchev–Trinajstić information content (AvgIpc) is 2.79. The van der Waals surface area contributed by atoms with Crippen molar-refractivity contribution in [2.75, 3.05) is 0 Å². The molecule has 0 spiro atoms. The quantitative estimate of drug-likeness (QED) is 0.938. The summed E-state index contributed by atoms with van der Waals surface area (Å²) >= 11 is 3.42. The van der Waals surface area contributed by atoms with E-state index >= 15 is 0 Å². The fourth-order valence-corrected chi connectivity index (χ4v) is 2.08. The first kappa shape index (κ1) is 13.7. The van der Waals surface area contributed by atoms with Gasteiger partial charge in [-0.25, -0.2) is 0 Å². The molecular formula is C13H14BrN3O2. The van der Waals surface area contributed by atoms with Crippen LogP contribution in [-0.2, 0) is 11.2 Å². The molecule has 0 saturated heterocycles. The minimum Gasteiger partial charge on any atom is -0.344 e. The number of nitrogens with one attached hydrogen (secondary N) is 1. The fourth-order valence-electron chi connectivity index (χ4n) is 1.66. The number of aromatic nitrogens is 2. The zero-order chi connectivity index (χ0) is 13.8. The van der Waals surface area contributed by atoms with Crippen LogP contribution in [0.5, 0.6) is 0 Å². The number of rotatable bonds is 4. The summed E-state index contributed by atoms with van der Waals surface area (Å²) in [5.41, 5.74) is 0.939. The first-order chi connectivity index (χ1) is 9.06. The highest BCUT2D eigenvalue weighted by molar-refractivity contribution is 9.10. The van der Waals surface area contributed by atoms with E-state index in [9.17, 15) is 4.79 Å². The lowest BCUT2D eigenvalue weighted by Crippen LogP contribution is -2.28. The second-order valence-electron chi connectivity index (χ2n) is 4.24. The van der Waals surface area contributed by atoms with Crippen LogP contribution in [0.15, 0.2) is 33.3 Å². The van der Waals surface area contributed by atoms with Crippen LogP contribution in [0.1, 0.15) is 30.2 Å². The van der Waals surface area contributed by atoms with E-state index < -0.39 is 0 Å². The number of amides is 1. The van der Waals surface area contributed by atoms with Gasteiger partial charge in [0.1, 0.15) is 6.04 Å². The van der Waals surface area contributed by atoms with Crippen LogP contribution >= 0.6 is 15.9 Å². The van der Waals surface area contributed by atoms with Crippen molar-refractivity contribution in [1.82, 2.24) is 15.5 Å². The van der Waals surface area contributed by atoms with Crippen molar-refractivity contribution in [2.45, 2.75) is 26.3 Å². The zero-order valence-corrected chi connectivity index (χ0v) is 12.3. The lowest BCUT2D eigenvalue weighted by molar-refractivity contribution is -0.121. The second-order valence-corrected chi connectivity index (χ2v) is 5.09. The van der Waals surface area contributed by atoms with Gasteiger partial charge in [0.15, 0.2) is 5.82 Å². The molecular weight excluding hydrogens is 310 g/mol. The lowest BCUT2D eigenvalue weighted by Gasteiger charge is -2.10. The number of aryl methyl sites for hydroxylation is 1. The largest absolute Gasteiger partial charge is 0.344 e. The minimum absolute atomic E-state index is 0.0877. The summed E-state index contributed by atoms with van der Waals surface area (Å²) in [6, 6.07) is 7.34. The van der Waals surface area contributed by atoms with Crippen molar-refractivity contribution in [1.29, 1.82) is 0 Å². The highest BCUT2D eigenvalue weighted by atomic mass is 79.9. The van der Waals surface area contributed by atoms with E-state index in [0.29, 0.717) is 18.1 Å². The molecule has 6 heteroatoms. The summed E-state index contributed by atoms with van der Waals surface area (Å²) in [7, 11) is 0. The van der Waals surface area contributed by atoms with E-state index in [0.717, 1.165) is 10.0 Å². The first-order valence-electron chi connectivity index (χ1n) is 5.89. The molecule has 0 aliphatic carbocycles. The van der Waals surface area contributed by atoms with Crippen LogP contribution < -0.4 is 5.32 Å². The molecule has 0 saturated carbocycles. The van der Waals surface area contributed by atoms with Crippen LogP contribution in [0.2, 0.25) is 0 Å². The Morgan fingerprint density at radius 3 is 2.84 bits per heavy atom. The number of nitrogens with zero attached hydrogens (tertiary/aromatic N) is 2. The number of hydrogen-bond donors (Lipinski definition) is 1. The SMILES string of the molecule is Cc1noc([C@H](C)NC(=O)Cc2ccccc2Br)n1. The van der Waals surface area contributed by atoms with Crippen molar-refractivity contribution in [3.8, 4) is 0 Å². The lowest BCUT2D eigenvalue weighted by atomic mass is 10.1. The van der Waals surface area contributed by atoms with Gasteiger partial charge in [-0.15, -0.1) is 0 Å². The molecule has 0 unspecified atom stereocenters. The Bertz CT molecular complexity index is 583. The summed E-state index contributed by atoms with van der Waals surface area (Å²) < 4.78 is 5.94. The molecule has 1 amide bonds. The normalized spacial score (nSPS) is 12.2. The average molecular weight is 324 g/mol. The Labute approximate surface area is 119 Å². The maximum absolute atomic E-state index is 11.9. The fraction of sp³-hybridized carbons (Fsp3) is 0.308. The van der Waals surface area contributed by atoms with E-state index in [1.54, 1.807) is 6.92 Å². The summed E-state index contributed by atoms with van der Waals surface area (Å²) in [6.07, 6.45) is 0.304. The third kappa shape index (κ3) is 3.64. The maximum atomic E-state index is 11.9. The monoisotopic (exact) mass is 323 g/mol. The standard InChI is InChI=1S/C13H14BrN3O2/c1-8(13-16-9(2)17-19-13)15-12(18)7-10-5-3-4-6-11(10)14/h3-6,8H,7H2,1-2H3,(H,15,18)/t8-/m0/s1. The zero-order valence-electron chi connectivity index (χ0n) is 10.7. The molecule has 1 aromatic carbocycles. The van der Waals surface area contributed by atoms with Crippen LogP contribution in [0.3, 0.4) is 0 Å². The van der Waals surface area contributed by atoms with Gasteiger partial charge in [0.2, 0.25) is 11.8 Å². The van der Waals surface area contributed by atoms with Gasteiger partial charge in [-0.2, -0.15) is 4.98 Å². The number of benzene rings is 1. The van der Waals surface area contributed by atoms with Gasteiger partial charge < -0.3 is 9.84 Å². The summed E-state index contributed by atoms with van der Waals surface area (Å²) in [5.74, 6) is 0.884. The molecule has 0 aliphatic heterocycles. The van der Waals surface area contributed by atoms with Gasteiger partial charge in [0, 0.05) is 4.47 Å². The molecule has 0 bridgehead atoms. The highest BCUT2D eigenvalue weighted by Gasteiger charge is 2.16. The molecule has 1 N–H and O–H groups in total. The molecule has 2 rings (SSSR count).